The van der Waals surface area contributed by atoms with E-state index < -0.39 is 11.0 Å². The molecule has 0 saturated heterocycles. The topological polar surface area (TPSA) is 85.5 Å². The van der Waals surface area contributed by atoms with Gasteiger partial charge in [-0.1, -0.05) is 11.6 Å². The number of rotatable bonds is 4. The average molecular weight is 228 g/mol. The van der Waals surface area contributed by atoms with Crippen molar-refractivity contribution in [3.8, 4) is 0 Å². The number of nitro groups is 1. The van der Waals surface area contributed by atoms with Crippen molar-refractivity contribution in [2.24, 2.45) is 4.99 Å². The largest absolute Gasteiger partial charge is 0.302 e. The Morgan fingerprint density at radius 2 is 2.33 bits per heavy atom. The fourth-order valence-electron chi connectivity index (χ4n) is 0.736. The monoisotopic (exact) mass is 227 g/mol. The third kappa shape index (κ3) is 3.43. The summed E-state index contributed by atoms with van der Waals surface area (Å²) >= 11 is 5.57. The number of aldehydes is 1. The zero-order valence-electron chi connectivity index (χ0n) is 7.41. The Labute approximate surface area is 89.8 Å². The minimum Gasteiger partial charge on any atom is -0.295 e. The van der Waals surface area contributed by atoms with E-state index in [0.29, 0.717) is 5.02 Å². The molecular weight excluding hydrogens is 222 g/mol. The van der Waals surface area contributed by atoms with Crippen LogP contribution in [0.3, 0.4) is 0 Å². The van der Waals surface area contributed by atoms with Gasteiger partial charge >= 0.3 is 6.04 Å². The molecule has 0 spiro atoms. The predicted molar refractivity (Wildman–Crippen MR) is 54.2 cm³/mol. The smallest absolute Gasteiger partial charge is 0.295 e. The molecule has 78 valence electrons. The summed E-state index contributed by atoms with van der Waals surface area (Å²) in [5, 5.41) is 10.7. The van der Waals surface area contributed by atoms with Gasteiger partial charge in [-0.25, -0.2) is 9.98 Å². The molecule has 0 amide bonds. The molecule has 1 aromatic heterocycles. The third-order valence-electron chi connectivity index (χ3n) is 1.45. The van der Waals surface area contributed by atoms with E-state index in [1.165, 1.54) is 12.3 Å². The Balaban J connectivity index is 2.76. The number of nitrogens with zero attached hydrogens (tertiary/aromatic N) is 3. The van der Waals surface area contributed by atoms with Crippen molar-refractivity contribution < 1.29 is 9.72 Å². The lowest BCUT2D eigenvalue weighted by molar-refractivity contribution is -0.485. The maximum absolute atomic E-state index is 10.2. The summed E-state index contributed by atoms with van der Waals surface area (Å²) in [6.07, 6.45) is 2.47. The highest BCUT2D eigenvalue weighted by Gasteiger charge is 2.14. The van der Waals surface area contributed by atoms with Crippen LogP contribution in [-0.4, -0.2) is 28.4 Å². The average Bonchev–Trinajstić information content (AvgIpc) is 2.21. The second kappa shape index (κ2) is 5.16. The van der Waals surface area contributed by atoms with Crippen molar-refractivity contribution in [3.05, 3.63) is 33.5 Å². The SMILES string of the molecule is O=C[C@@H](C=Nc1ccc(Cl)cn1)[N+](=O)[O-]. The molecule has 0 aliphatic rings. The van der Waals surface area contributed by atoms with E-state index in [2.05, 4.69) is 9.98 Å². The fraction of sp³-hybridized carbons (Fsp3) is 0.125. The summed E-state index contributed by atoms with van der Waals surface area (Å²) in [5.74, 6) is 0.258. The Hall–Kier alpha value is -1.82. The highest BCUT2D eigenvalue weighted by molar-refractivity contribution is 6.30. The van der Waals surface area contributed by atoms with Crippen molar-refractivity contribution in [2.45, 2.75) is 6.04 Å². The number of halogens is 1. The quantitative estimate of drug-likeness (QED) is 0.336. The first-order chi connectivity index (χ1) is 7.13. The lowest BCUT2D eigenvalue weighted by Gasteiger charge is -1.94. The van der Waals surface area contributed by atoms with Crippen LogP contribution in [0.4, 0.5) is 5.82 Å². The Morgan fingerprint density at radius 1 is 1.60 bits per heavy atom. The molecule has 0 aliphatic heterocycles. The van der Waals surface area contributed by atoms with Crippen LogP contribution in [0.2, 0.25) is 5.02 Å². The zero-order chi connectivity index (χ0) is 11.3. The maximum atomic E-state index is 10.2. The van der Waals surface area contributed by atoms with Gasteiger partial charge in [0.05, 0.1) is 11.2 Å². The van der Waals surface area contributed by atoms with Gasteiger partial charge in [-0.2, -0.15) is 0 Å². The van der Waals surface area contributed by atoms with Gasteiger partial charge in [-0.15, -0.1) is 0 Å². The standard InChI is InChI=1S/C8H6ClN3O3/c9-6-1-2-8(10-3-6)11-4-7(5-13)12(14)15/h1-5,7H/t7-/m1/s1. The Kier molecular flexibility index (Phi) is 3.87. The van der Waals surface area contributed by atoms with Crippen molar-refractivity contribution >= 4 is 29.9 Å². The minimum absolute atomic E-state index is 0.194. The van der Waals surface area contributed by atoms with Crippen LogP contribution in [0.15, 0.2) is 23.3 Å². The highest BCUT2D eigenvalue weighted by atomic mass is 35.5. The molecule has 0 N–H and O–H groups in total. The number of carbonyl (C=O) groups is 1. The summed E-state index contributed by atoms with van der Waals surface area (Å²) in [6.45, 7) is 0. The number of pyridine rings is 1. The minimum atomic E-state index is -1.44. The molecule has 1 heterocycles. The van der Waals surface area contributed by atoms with Crippen molar-refractivity contribution in [2.75, 3.05) is 0 Å². The highest BCUT2D eigenvalue weighted by Crippen LogP contribution is 2.11. The molecule has 15 heavy (non-hydrogen) atoms. The first kappa shape index (κ1) is 11.3. The van der Waals surface area contributed by atoms with Crippen LogP contribution in [-0.2, 0) is 4.79 Å². The van der Waals surface area contributed by atoms with E-state index in [-0.39, 0.29) is 12.1 Å². The predicted octanol–water partition coefficient (Wildman–Crippen LogP) is 1.28. The van der Waals surface area contributed by atoms with Crippen LogP contribution in [0.1, 0.15) is 0 Å². The van der Waals surface area contributed by atoms with Crippen molar-refractivity contribution in [1.82, 2.24) is 4.98 Å². The van der Waals surface area contributed by atoms with E-state index >= 15 is 0 Å². The first-order valence-electron chi connectivity index (χ1n) is 3.88. The van der Waals surface area contributed by atoms with E-state index in [1.54, 1.807) is 6.07 Å². The Bertz CT molecular complexity index is 391. The third-order valence-corrected chi connectivity index (χ3v) is 1.68. The molecule has 1 rings (SSSR count). The molecule has 0 saturated carbocycles. The molecule has 0 radical (unpaired) electrons. The van der Waals surface area contributed by atoms with Crippen LogP contribution < -0.4 is 0 Å². The number of hydrogen-bond acceptors (Lipinski definition) is 5. The van der Waals surface area contributed by atoms with Gasteiger partial charge in [0.15, 0.2) is 12.1 Å². The summed E-state index contributed by atoms with van der Waals surface area (Å²) < 4.78 is 0. The van der Waals surface area contributed by atoms with Gasteiger partial charge < -0.3 is 0 Å². The maximum Gasteiger partial charge on any atom is 0.302 e. The molecule has 0 aromatic carbocycles. The number of carbonyl (C=O) groups excluding carboxylic acids is 1. The lowest BCUT2D eigenvalue weighted by Crippen LogP contribution is -2.22. The Morgan fingerprint density at radius 3 is 2.80 bits per heavy atom. The fourth-order valence-corrected chi connectivity index (χ4v) is 0.848. The van der Waals surface area contributed by atoms with Crippen LogP contribution >= 0.6 is 11.6 Å². The summed E-state index contributed by atoms with van der Waals surface area (Å²) in [5.41, 5.74) is 0. The van der Waals surface area contributed by atoms with Gasteiger partial charge in [0, 0.05) is 11.1 Å². The van der Waals surface area contributed by atoms with E-state index in [9.17, 15) is 14.9 Å². The molecule has 1 atom stereocenters. The van der Waals surface area contributed by atoms with E-state index in [0.717, 1.165) is 6.21 Å². The van der Waals surface area contributed by atoms with Gasteiger partial charge in [0.1, 0.15) is 0 Å². The normalized spacial score (nSPS) is 12.6. The van der Waals surface area contributed by atoms with Gasteiger partial charge in [-0.3, -0.25) is 14.9 Å². The summed E-state index contributed by atoms with van der Waals surface area (Å²) in [7, 11) is 0. The van der Waals surface area contributed by atoms with Gasteiger partial charge in [0.2, 0.25) is 0 Å². The second-order valence-corrected chi connectivity index (χ2v) is 2.96. The number of hydrogen-bond donors (Lipinski definition) is 0. The van der Waals surface area contributed by atoms with Crippen LogP contribution in [0, 0.1) is 10.1 Å². The second-order valence-electron chi connectivity index (χ2n) is 2.52. The molecule has 1 aromatic rings. The molecule has 6 nitrogen and oxygen atoms in total. The molecule has 0 aliphatic carbocycles. The zero-order valence-corrected chi connectivity index (χ0v) is 8.16. The van der Waals surface area contributed by atoms with Crippen molar-refractivity contribution in [3.63, 3.8) is 0 Å². The summed E-state index contributed by atoms with van der Waals surface area (Å²) in [6, 6.07) is 1.59. The molecule has 7 heteroatoms. The lowest BCUT2D eigenvalue weighted by atomic mass is 10.4. The molecular formula is C8H6ClN3O3. The van der Waals surface area contributed by atoms with Gasteiger partial charge in [0.25, 0.3) is 0 Å². The number of aromatic nitrogens is 1. The number of aliphatic imine (C=N–C) groups is 1. The van der Waals surface area contributed by atoms with E-state index in [4.69, 9.17) is 11.6 Å². The van der Waals surface area contributed by atoms with Gasteiger partial charge in [-0.05, 0) is 12.1 Å². The first-order valence-corrected chi connectivity index (χ1v) is 4.26. The molecule has 0 unspecified atom stereocenters. The van der Waals surface area contributed by atoms with Crippen LogP contribution in [0.5, 0.6) is 0 Å². The molecule has 0 fully saturated rings. The van der Waals surface area contributed by atoms with Crippen LogP contribution in [0.25, 0.3) is 0 Å². The van der Waals surface area contributed by atoms with Crippen molar-refractivity contribution in [1.29, 1.82) is 0 Å². The summed E-state index contributed by atoms with van der Waals surface area (Å²) in [4.78, 5) is 27.2. The van der Waals surface area contributed by atoms with E-state index in [1.807, 2.05) is 0 Å². The molecule has 0 bridgehead atoms.